The second-order valence-electron chi connectivity index (χ2n) is 7.89. The number of ether oxygens (including phenoxy) is 2. The van der Waals surface area contributed by atoms with Crippen molar-refractivity contribution in [3.8, 4) is 5.75 Å². The van der Waals surface area contributed by atoms with Crippen LogP contribution in [0.25, 0.3) is 0 Å². The van der Waals surface area contributed by atoms with Gasteiger partial charge in [0.2, 0.25) is 5.91 Å². The van der Waals surface area contributed by atoms with Crippen LogP contribution in [0.1, 0.15) is 52.0 Å². The van der Waals surface area contributed by atoms with Crippen LogP contribution >= 0.6 is 0 Å². The van der Waals surface area contributed by atoms with Crippen molar-refractivity contribution in [2.75, 3.05) is 20.2 Å². The zero-order chi connectivity index (χ0) is 19.9. The average molecular weight is 376 g/mol. The molecule has 0 saturated carbocycles. The summed E-state index contributed by atoms with van der Waals surface area (Å²) in [5, 5.41) is 2.97. The molecular formula is C21H32N2O4. The van der Waals surface area contributed by atoms with E-state index in [0.29, 0.717) is 19.5 Å². The van der Waals surface area contributed by atoms with E-state index < -0.39 is 17.7 Å². The number of benzene rings is 1. The maximum absolute atomic E-state index is 12.5. The van der Waals surface area contributed by atoms with Gasteiger partial charge in [-0.2, -0.15) is 0 Å². The van der Waals surface area contributed by atoms with Crippen molar-refractivity contribution in [2.45, 2.75) is 64.5 Å². The summed E-state index contributed by atoms with van der Waals surface area (Å²) in [6.45, 7) is 6.67. The number of nitrogens with zero attached hydrogens (tertiary/aromatic N) is 1. The highest BCUT2D eigenvalue weighted by molar-refractivity contribution is 5.86. The van der Waals surface area contributed by atoms with Gasteiger partial charge in [-0.25, -0.2) is 4.79 Å². The van der Waals surface area contributed by atoms with Gasteiger partial charge in [-0.1, -0.05) is 18.2 Å². The predicted molar refractivity (Wildman–Crippen MR) is 105 cm³/mol. The summed E-state index contributed by atoms with van der Waals surface area (Å²) in [4.78, 5) is 26.3. The number of para-hydroxylation sites is 1. The molecule has 1 aliphatic heterocycles. The van der Waals surface area contributed by atoms with E-state index in [1.165, 1.54) is 5.56 Å². The molecule has 1 heterocycles. The standard InChI is InChI=1S/C21H32N2O4/c1-21(2,3)27-20(25)23-15-9-12-17(23)19(24)22-14-8-7-11-16-10-5-6-13-18(16)26-4/h5-6,10,13,17H,7-9,11-12,14-15H2,1-4H3,(H,22,24). The van der Waals surface area contributed by atoms with Crippen molar-refractivity contribution in [1.29, 1.82) is 0 Å². The second-order valence-corrected chi connectivity index (χ2v) is 7.89. The van der Waals surface area contributed by atoms with E-state index >= 15 is 0 Å². The van der Waals surface area contributed by atoms with Crippen LogP contribution in [0.15, 0.2) is 24.3 Å². The molecular weight excluding hydrogens is 344 g/mol. The number of carbonyl (C=O) groups is 2. The molecule has 6 heteroatoms. The zero-order valence-electron chi connectivity index (χ0n) is 16.9. The number of aryl methyl sites for hydroxylation is 1. The molecule has 6 nitrogen and oxygen atoms in total. The largest absolute Gasteiger partial charge is 0.496 e. The summed E-state index contributed by atoms with van der Waals surface area (Å²) < 4.78 is 10.8. The number of hydrogen-bond acceptors (Lipinski definition) is 4. The molecule has 1 aromatic carbocycles. The molecule has 2 amide bonds. The van der Waals surface area contributed by atoms with Crippen LogP contribution in [0.3, 0.4) is 0 Å². The summed E-state index contributed by atoms with van der Waals surface area (Å²) in [6.07, 6.45) is 3.85. The minimum Gasteiger partial charge on any atom is -0.496 e. The van der Waals surface area contributed by atoms with Crippen LogP contribution < -0.4 is 10.1 Å². The minimum absolute atomic E-state index is 0.0874. The molecule has 0 aromatic heterocycles. The fraction of sp³-hybridized carbons (Fsp3) is 0.619. The number of hydrogen-bond donors (Lipinski definition) is 1. The fourth-order valence-corrected chi connectivity index (χ4v) is 3.26. The first kappa shape index (κ1) is 21.1. The minimum atomic E-state index is -0.556. The highest BCUT2D eigenvalue weighted by Crippen LogP contribution is 2.21. The lowest BCUT2D eigenvalue weighted by Gasteiger charge is -2.28. The summed E-state index contributed by atoms with van der Waals surface area (Å²) in [7, 11) is 1.68. The summed E-state index contributed by atoms with van der Waals surface area (Å²) in [6, 6.07) is 7.57. The van der Waals surface area contributed by atoms with Crippen molar-refractivity contribution >= 4 is 12.0 Å². The number of rotatable bonds is 7. The normalized spacial score (nSPS) is 16.9. The van der Waals surface area contributed by atoms with Crippen LogP contribution in [-0.2, 0) is 16.0 Å². The highest BCUT2D eigenvalue weighted by atomic mass is 16.6. The Morgan fingerprint density at radius 1 is 1.22 bits per heavy atom. The van der Waals surface area contributed by atoms with E-state index in [2.05, 4.69) is 11.4 Å². The SMILES string of the molecule is COc1ccccc1CCCCNC(=O)C1CCCN1C(=O)OC(C)(C)C. The quantitative estimate of drug-likeness (QED) is 0.739. The summed E-state index contributed by atoms with van der Waals surface area (Å²) >= 11 is 0. The molecule has 1 fully saturated rings. The van der Waals surface area contributed by atoms with E-state index in [1.807, 2.05) is 39.0 Å². The Labute approximate surface area is 162 Å². The third-order valence-corrected chi connectivity index (χ3v) is 4.55. The van der Waals surface area contributed by atoms with E-state index in [4.69, 9.17) is 9.47 Å². The zero-order valence-corrected chi connectivity index (χ0v) is 16.9. The van der Waals surface area contributed by atoms with Gasteiger partial charge in [0.05, 0.1) is 7.11 Å². The molecule has 2 rings (SSSR count). The van der Waals surface area contributed by atoms with Crippen LogP contribution in [0.2, 0.25) is 0 Å². The first-order valence-corrected chi connectivity index (χ1v) is 9.71. The molecule has 0 radical (unpaired) electrons. The predicted octanol–water partition coefficient (Wildman–Crippen LogP) is 3.53. The first-order valence-electron chi connectivity index (χ1n) is 9.71. The molecule has 1 unspecified atom stereocenters. The van der Waals surface area contributed by atoms with Crippen molar-refractivity contribution < 1.29 is 19.1 Å². The number of amides is 2. The third-order valence-electron chi connectivity index (χ3n) is 4.55. The second kappa shape index (κ2) is 9.62. The molecule has 1 aromatic rings. The lowest BCUT2D eigenvalue weighted by molar-refractivity contribution is -0.125. The van der Waals surface area contributed by atoms with Gasteiger partial charge in [-0.3, -0.25) is 9.69 Å². The van der Waals surface area contributed by atoms with Gasteiger partial charge in [-0.05, 0) is 64.5 Å². The lowest BCUT2D eigenvalue weighted by atomic mass is 10.1. The van der Waals surface area contributed by atoms with Crippen LogP contribution in [0, 0.1) is 0 Å². The lowest BCUT2D eigenvalue weighted by Crippen LogP contribution is -2.47. The molecule has 27 heavy (non-hydrogen) atoms. The summed E-state index contributed by atoms with van der Waals surface area (Å²) in [5.74, 6) is 0.816. The molecule has 1 aliphatic rings. The molecule has 0 aliphatic carbocycles. The molecule has 150 valence electrons. The maximum Gasteiger partial charge on any atom is 0.410 e. The molecule has 1 saturated heterocycles. The monoisotopic (exact) mass is 376 g/mol. The van der Waals surface area contributed by atoms with Crippen LogP contribution in [0.5, 0.6) is 5.75 Å². The van der Waals surface area contributed by atoms with Gasteiger partial charge < -0.3 is 14.8 Å². The van der Waals surface area contributed by atoms with Gasteiger partial charge in [0.1, 0.15) is 17.4 Å². The Morgan fingerprint density at radius 2 is 1.96 bits per heavy atom. The number of unbranched alkanes of at least 4 members (excludes halogenated alkanes) is 1. The molecule has 0 spiro atoms. The van der Waals surface area contributed by atoms with E-state index in [0.717, 1.165) is 31.4 Å². The number of likely N-dealkylation sites (tertiary alicyclic amines) is 1. The smallest absolute Gasteiger partial charge is 0.410 e. The van der Waals surface area contributed by atoms with Crippen molar-refractivity contribution in [3.05, 3.63) is 29.8 Å². The van der Waals surface area contributed by atoms with Crippen molar-refractivity contribution in [1.82, 2.24) is 10.2 Å². The van der Waals surface area contributed by atoms with E-state index in [1.54, 1.807) is 12.0 Å². The van der Waals surface area contributed by atoms with Crippen LogP contribution in [-0.4, -0.2) is 48.7 Å². The molecule has 0 bridgehead atoms. The van der Waals surface area contributed by atoms with Gasteiger partial charge in [-0.15, -0.1) is 0 Å². The topological polar surface area (TPSA) is 67.9 Å². The Bertz CT molecular complexity index is 639. The maximum atomic E-state index is 12.5. The first-order chi connectivity index (χ1) is 12.8. The third kappa shape index (κ3) is 6.45. The van der Waals surface area contributed by atoms with Crippen LogP contribution in [0.4, 0.5) is 4.79 Å². The fourth-order valence-electron chi connectivity index (χ4n) is 3.26. The molecule has 1 atom stereocenters. The van der Waals surface area contributed by atoms with Gasteiger partial charge in [0.25, 0.3) is 0 Å². The number of methoxy groups -OCH3 is 1. The van der Waals surface area contributed by atoms with Gasteiger partial charge in [0.15, 0.2) is 0 Å². The van der Waals surface area contributed by atoms with Crippen molar-refractivity contribution in [2.24, 2.45) is 0 Å². The number of nitrogens with one attached hydrogen (secondary N) is 1. The Kier molecular flexibility index (Phi) is 7.51. The Balaban J connectivity index is 1.74. The van der Waals surface area contributed by atoms with E-state index in [9.17, 15) is 9.59 Å². The Morgan fingerprint density at radius 3 is 2.67 bits per heavy atom. The Hall–Kier alpha value is -2.24. The van der Waals surface area contributed by atoms with Gasteiger partial charge in [0, 0.05) is 13.1 Å². The van der Waals surface area contributed by atoms with E-state index in [-0.39, 0.29) is 5.91 Å². The van der Waals surface area contributed by atoms with Crippen molar-refractivity contribution in [3.63, 3.8) is 0 Å². The average Bonchev–Trinajstić information content (AvgIpc) is 3.10. The highest BCUT2D eigenvalue weighted by Gasteiger charge is 2.36. The summed E-state index contributed by atoms with van der Waals surface area (Å²) in [5.41, 5.74) is 0.623. The van der Waals surface area contributed by atoms with Gasteiger partial charge >= 0.3 is 6.09 Å². The molecule has 1 N–H and O–H groups in total. The number of carbonyl (C=O) groups excluding carboxylic acids is 2.